The van der Waals surface area contributed by atoms with Crippen molar-refractivity contribution in [2.45, 2.75) is 6.92 Å². The maximum atomic E-state index is 13.9. The van der Waals surface area contributed by atoms with Gasteiger partial charge in [0.1, 0.15) is 17.2 Å². The Kier molecular flexibility index (Phi) is 1.98. The second-order valence-electron chi connectivity index (χ2n) is 3.90. The number of Topliss-reactive ketones (excluding diaryl/α,β-unsaturated/α-hetero) is 1. The normalized spacial score (nSPS) is 11.2. The van der Waals surface area contributed by atoms with Crippen LogP contribution in [0.25, 0.3) is 16.6 Å². The summed E-state index contributed by atoms with van der Waals surface area (Å²) in [6.07, 6.45) is 1.48. The maximum absolute atomic E-state index is 13.9. The van der Waals surface area contributed by atoms with E-state index in [0.29, 0.717) is 16.9 Å². The Bertz CT molecular complexity index is 746. The first-order valence-electron chi connectivity index (χ1n) is 5.24. The van der Waals surface area contributed by atoms with E-state index in [2.05, 4.69) is 4.98 Å². The highest BCUT2D eigenvalue weighted by molar-refractivity contribution is 5.95. The van der Waals surface area contributed by atoms with Gasteiger partial charge in [-0.1, -0.05) is 12.1 Å². The number of benzene rings is 1. The van der Waals surface area contributed by atoms with E-state index in [1.165, 1.54) is 19.2 Å². The van der Waals surface area contributed by atoms with Crippen molar-refractivity contribution < 1.29 is 9.18 Å². The number of aromatic nitrogens is 2. The van der Waals surface area contributed by atoms with E-state index < -0.39 is 0 Å². The largest absolute Gasteiger partial charge is 0.293 e. The predicted molar refractivity (Wildman–Crippen MR) is 62.7 cm³/mol. The van der Waals surface area contributed by atoms with Crippen molar-refractivity contribution in [1.29, 1.82) is 0 Å². The van der Waals surface area contributed by atoms with Crippen LogP contribution in [0, 0.1) is 5.82 Å². The van der Waals surface area contributed by atoms with Crippen LogP contribution in [0.2, 0.25) is 0 Å². The Balaban J connectivity index is 2.61. The first kappa shape index (κ1) is 9.96. The van der Waals surface area contributed by atoms with Gasteiger partial charge in [0.2, 0.25) is 0 Å². The molecule has 1 aromatic carbocycles. The van der Waals surface area contributed by atoms with Crippen LogP contribution in [0.15, 0.2) is 36.5 Å². The van der Waals surface area contributed by atoms with Gasteiger partial charge < -0.3 is 0 Å². The van der Waals surface area contributed by atoms with Crippen molar-refractivity contribution in [3.8, 4) is 0 Å². The summed E-state index contributed by atoms with van der Waals surface area (Å²) >= 11 is 0. The summed E-state index contributed by atoms with van der Waals surface area (Å²) in [6, 6.07) is 8.40. The molecule has 0 saturated heterocycles. The third-order valence-corrected chi connectivity index (χ3v) is 2.80. The first-order valence-corrected chi connectivity index (χ1v) is 5.24. The molecule has 2 aromatic heterocycles. The van der Waals surface area contributed by atoms with E-state index in [4.69, 9.17) is 0 Å². The number of nitrogens with zero attached hydrogens (tertiary/aromatic N) is 2. The third-order valence-electron chi connectivity index (χ3n) is 2.80. The molecule has 3 nitrogen and oxygen atoms in total. The number of carbonyl (C=O) groups excluding carboxylic acids is 1. The zero-order valence-electron chi connectivity index (χ0n) is 9.14. The van der Waals surface area contributed by atoms with E-state index >= 15 is 0 Å². The molecule has 84 valence electrons. The molecule has 0 saturated carbocycles. The number of ketones is 1. The Morgan fingerprint density at radius 1 is 1.29 bits per heavy atom. The van der Waals surface area contributed by atoms with Crippen molar-refractivity contribution in [3.63, 3.8) is 0 Å². The fraction of sp³-hybridized carbons (Fsp3) is 0.0769. The van der Waals surface area contributed by atoms with Crippen LogP contribution in [-0.4, -0.2) is 15.2 Å². The molecule has 3 rings (SSSR count). The molecule has 0 aliphatic rings. The summed E-state index contributed by atoms with van der Waals surface area (Å²) in [6.45, 7) is 1.45. The highest BCUT2D eigenvalue weighted by atomic mass is 19.1. The standard InChI is InChI=1S/C13H9FN2O/c1-8(17)11-7-15-12-6-5-9-3-2-4-10(14)13(9)16(11)12/h2-7H,1H3. The molecule has 0 N–H and O–H groups in total. The zero-order chi connectivity index (χ0) is 12.0. The summed E-state index contributed by atoms with van der Waals surface area (Å²) in [4.78, 5) is 15.6. The van der Waals surface area contributed by atoms with E-state index in [1.54, 1.807) is 22.6 Å². The smallest absolute Gasteiger partial charge is 0.178 e. The molecule has 2 heterocycles. The van der Waals surface area contributed by atoms with Crippen LogP contribution in [0.3, 0.4) is 0 Å². The minimum Gasteiger partial charge on any atom is -0.293 e. The van der Waals surface area contributed by atoms with Crippen LogP contribution in [0.5, 0.6) is 0 Å². The van der Waals surface area contributed by atoms with Crippen LogP contribution < -0.4 is 0 Å². The number of rotatable bonds is 1. The van der Waals surface area contributed by atoms with E-state index in [-0.39, 0.29) is 11.6 Å². The van der Waals surface area contributed by atoms with Crippen molar-refractivity contribution in [3.05, 3.63) is 48.0 Å². The Labute approximate surface area is 96.5 Å². The molecular weight excluding hydrogens is 219 g/mol. The number of carbonyl (C=O) groups is 1. The highest BCUT2D eigenvalue weighted by Gasteiger charge is 2.12. The number of hydrogen-bond acceptors (Lipinski definition) is 2. The monoisotopic (exact) mass is 228 g/mol. The summed E-state index contributed by atoms with van der Waals surface area (Å²) < 4.78 is 15.4. The average molecular weight is 228 g/mol. The lowest BCUT2D eigenvalue weighted by Crippen LogP contribution is -2.01. The van der Waals surface area contributed by atoms with Crippen LogP contribution in [0.4, 0.5) is 4.39 Å². The van der Waals surface area contributed by atoms with Gasteiger partial charge in [-0.2, -0.15) is 0 Å². The lowest BCUT2D eigenvalue weighted by molar-refractivity contribution is 0.101. The van der Waals surface area contributed by atoms with Crippen LogP contribution in [0.1, 0.15) is 17.4 Å². The fourth-order valence-corrected chi connectivity index (χ4v) is 2.03. The van der Waals surface area contributed by atoms with Gasteiger partial charge in [0.15, 0.2) is 5.78 Å². The van der Waals surface area contributed by atoms with E-state index in [9.17, 15) is 9.18 Å². The van der Waals surface area contributed by atoms with Crippen molar-refractivity contribution >= 4 is 22.3 Å². The second-order valence-corrected chi connectivity index (χ2v) is 3.90. The number of pyridine rings is 1. The third kappa shape index (κ3) is 1.34. The molecule has 3 aromatic rings. The van der Waals surface area contributed by atoms with Gasteiger partial charge in [0.25, 0.3) is 0 Å². The van der Waals surface area contributed by atoms with Gasteiger partial charge in [-0.05, 0) is 18.2 Å². The summed E-state index contributed by atoms with van der Waals surface area (Å²) in [7, 11) is 0. The average Bonchev–Trinajstić information content (AvgIpc) is 2.72. The molecular formula is C13H9FN2O. The molecule has 0 bridgehead atoms. The van der Waals surface area contributed by atoms with Crippen LogP contribution >= 0.6 is 0 Å². The number of para-hydroxylation sites is 1. The quantitative estimate of drug-likeness (QED) is 0.600. The summed E-state index contributed by atoms with van der Waals surface area (Å²) in [5.74, 6) is -0.484. The van der Waals surface area contributed by atoms with Gasteiger partial charge in [-0.15, -0.1) is 0 Å². The molecule has 0 fully saturated rings. The Morgan fingerprint density at radius 2 is 2.12 bits per heavy atom. The van der Waals surface area contributed by atoms with E-state index in [0.717, 1.165) is 5.39 Å². The number of hydrogen-bond donors (Lipinski definition) is 0. The summed E-state index contributed by atoms with van der Waals surface area (Å²) in [5.41, 5.74) is 1.37. The first-order chi connectivity index (χ1) is 8.18. The lowest BCUT2D eigenvalue weighted by atomic mass is 10.2. The molecule has 0 aliphatic carbocycles. The highest BCUT2D eigenvalue weighted by Crippen LogP contribution is 2.21. The summed E-state index contributed by atoms with van der Waals surface area (Å²) in [5, 5.41) is 0.748. The molecule has 0 amide bonds. The Hall–Kier alpha value is -2.23. The van der Waals surface area contributed by atoms with Gasteiger partial charge in [0, 0.05) is 12.3 Å². The Morgan fingerprint density at radius 3 is 2.88 bits per heavy atom. The van der Waals surface area contributed by atoms with Crippen molar-refractivity contribution in [2.24, 2.45) is 0 Å². The van der Waals surface area contributed by atoms with Gasteiger partial charge in [0.05, 0.1) is 11.7 Å². The van der Waals surface area contributed by atoms with Crippen molar-refractivity contribution in [1.82, 2.24) is 9.38 Å². The number of imidazole rings is 1. The van der Waals surface area contributed by atoms with Crippen LogP contribution in [-0.2, 0) is 0 Å². The van der Waals surface area contributed by atoms with Crippen molar-refractivity contribution in [2.75, 3.05) is 0 Å². The topological polar surface area (TPSA) is 34.4 Å². The van der Waals surface area contributed by atoms with Gasteiger partial charge in [-0.25, -0.2) is 9.37 Å². The lowest BCUT2D eigenvalue weighted by Gasteiger charge is -2.05. The molecule has 0 unspecified atom stereocenters. The number of fused-ring (bicyclic) bond motifs is 3. The zero-order valence-corrected chi connectivity index (χ0v) is 9.14. The molecule has 0 atom stereocenters. The minimum atomic E-state index is -0.353. The molecule has 0 radical (unpaired) electrons. The fourth-order valence-electron chi connectivity index (χ4n) is 2.03. The molecule has 0 aliphatic heterocycles. The second kappa shape index (κ2) is 3.38. The molecule has 0 spiro atoms. The minimum absolute atomic E-state index is 0.131. The maximum Gasteiger partial charge on any atom is 0.178 e. The van der Waals surface area contributed by atoms with Gasteiger partial charge >= 0.3 is 0 Å². The number of halogens is 1. The molecule has 17 heavy (non-hydrogen) atoms. The molecule has 4 heteroatoms. The van der Waals surface area contributed by atoms with Gasteiger partial charge in [-0.3, -0.25) is 9.20 Å². The predicted octanol–water partition coefficient (Wildman–Crippen LogP) is 2.83. The SMILES string of the molecule is CC(=O)c1cnc2ccc3cccc(F)c3n12. The van der Waals surface area contributed by atoms with E-state index in [1.807, 2.05) is 6.07 Å².